The first-order valence-corrected chi connectivity index (χ1v) is 7.94. The zero-order valence-corrected chi connectivity index (χ0v) is 14.0. The van der Waals surface area contributed by atoms with E-state index in [1.807, 2.05) is 24.3 Å². The van der Waals surface area contributed by atoms with Crippen LogP contribution in [0.4, 0.5) is 4.79 Å². The molecular weight excluding hydrogens is 316 g/mol. The highest BCUT2D eigenvalue weighted by molar-refractivity contribution is 8.00. The number of nitrogens with zero attached hydrogens (tertiary/aromatic N) is 1. The van der Waals surface area contributed by atoms with Gasteiger partial charge in [-0.15, -0.1) is 0 Å². The standard InChI is InChI=1S/C16H18N2O4S/c1-16(2,3)22-15(21)17-13-14(20)18(8-9-19)10-11-6-4-5-7-12(11)23-13/h4-8,13H,10H2,1-3H3,(H,17,21)/t13-/m0/s1. The summed E-state index contributed by atoms with van der Waals surface area (Å²) in [6.07, 6.45) is 0.368. The van der Waals surface area contributed by atoms with Crippen molar-refractivity contribution in [2.24, 2.45) is 0 Å². The Morgan fingerprint density at radius 2 is 2.13 bits per heavy atom. The summed E-state index contributed by atoms with van der Waals surface area (Å²) in [6, 6.07) is 7.45. The van der Waals surface area contributed by atoms with Gasteiger partial charge in [-0.05, 0) is 32.4 Å². The van der Waals surface area contributed by atoms with Gasteiger partial charge < -0.3 is 15.0 Å². The van der Waals surface area contributed by atoms with Crippen LogP contribution in [0.5, 0.6) is 0 Å². The molecule has 1 heterocycles. The van der Waals surface area contributed by atoms with Crippen molar-refractivity contribution in [2.75, 3.05) is 0 Å². The topological polar surface area (TPSA) is 75.7 Å². The molecule has 1 aromatic carbocycles. The van der Waals surface area contributed by atoms with Crippen LogP contribution in [0.2, 0.25) is 0 Å². The van der Waals surface area contributed by atoms with E-state index in [0.29, 0.717) is 0 Å². The molecule has 1 aliphatic rings. The fourth-order valence-corrected chi connectivity index (χ4v) is 3.10. The van der Waals surface area contributed by atoms with Crippen LogP contribution >= 0.6 is 11.8 Å². The summed E-state index contributed by atoms with van der Waals surface area (Å²) in [4.78, 5) is 37.3. The minimum Gasteiger partial charge on any atom is -0.444 e. The molecule has 23 heavy (non-hydrogen) atoms. The molecule has 1 atom stereocenters. The Kier molecular flexibility index (Phi) is 5.13. The molecule has 0 radical (unpaired) electrons. The molecule has 0 saturated carbocycles. The van der Waals surface area contributed by atoms with E-state index in [4.69, 9.17) is 4.74 Å². The van der Waals surface area contributed by atoms with Crippen LogP contribution in [0, 0.1) is 0 Å². The van der Waals surface area contributed by atoms with Crippen molar-refractivity contribution >= 4 is 29.7 Å². The van der Waals surface area contributed by atoms with Crippen LogP contribution in [0.1, 0.15) is 26.3 Å². The van der Waals surface area contributed by atoms with Crippen LogP contribution in [-0.4, -0.2) is 33.8 Å². The Morgan fingerprint density at radius 1 is 1.43 bits per heavy atom. The van der Waals surface area contributed by atoms with E-state index in [9.17, 15) is 14.4 Å². The predicted octanol–water partition coefficient (Wildman–Crippen LogP) is 2.32. The highest BCUT2D eigenvalue weighted by Gasteiger charge is 2.32. The van der Waals surface area contributed by atoms with E-state index in [-0.39, 0.29) is 6.54 Å². The molecule has 2 rings (SSSR count). The molecule has 1 aliphatic heterocycles. The molecule has 1 N–H and O–H groups in total. The molecule has 0 aromatic heterocycles. The highest BCUT2D eigenvalue weighted by Crippen LogP contribution is 2.31. The zero-order valence-electron chi connectivity index (χ0n) is 13.2. The van der Waals surface area contributed by atoms with Gasteiger partial charge in [0.15, 0.2) is 5.37 Å². The zero-order chi connectivity index (χ0) is 17.0. The summed E-state index contributed by atoms with van der Waals surface area (Å²) < 4.78 is 5.19. The molecule has 122 valence electrons. The lowest BCUT2D eigenvalue weighted by Gasteiger charge is -2.23. The lowest BCUT2D eigenvalue weighted by molar-refractivity contribution is -0.129. The number of rotatable bonds is 2. The lowest BCUT2D eigenvalue weighted by atomic mass is 10.2. The van der Waals surface area contributed by atoms with Gasteiger partial charge in [0.2, 0.25) is 0 Å². The maximum atomic E-state index is 12.5. The number of benzene rings is 1. The van der Waals surface area contributed by atoms with Crippen LogP contribution < -0.4 is 5.32 Å². The number of ether oxygens (including phenoxy) is 1. The number of carbonyl (C=O) groups is 2. The van der Waals surface area contributed by atoms with Gasteiger partial charge in [-0.3, -0.25) is 4.79 Å². The molecule has 6 nitrogen and oxygen atoms in total. The molecule has 7 heteroatoms. The van der Waals surface area contributed by atoms with Crippen molar-refractivity contribution in [3.05, 3.63) is 36.0 Å². The first kappa shape index (κ1) is 17.1. The minimum atomic E-state index is -0.877. The van der Waals surface area contributed by atoms with Crippen molar-refractivity contribution in [3.63, 3.8) is 0 Å². The molecule has 0 fully saturated rings. The van der Waals surface area contributed by atoms with E-state index in [2.05, 4.69) is 5.32 Å². The number of carbonyl (C=O) groups excluding carboxylic acids is 3. The highest BCUT2D eigenvalue weighted by atomic mass is 32.2. The number of amides is 2. The number of alkyl carbamates (subject to hydrolysis) is 1. The maximum absolute atomic E-state index is 12.5. The summed E-state index contributed by atoms with van der Waals surface area (Å²) >= 11 is 1.22. The van der Waals surface area contributed by atoms with Gasteiger partial charge in [-0.2, -0.15) is 0 Å². The van der Waals surface area contributed by atoms with Gasteiger partial charge in [-0.1, -0.05) is 30.0 Å². The van der Waals surface area contributed by atoms with Crippen molar-refractivity contribution in [2.45, 2.75) is 43.2 Å². The Labute approximate surface area is 138 Å². The molecule has 0 unspecified atom stereocenters. The minimum absolute atomic E-state index is 0.254. The molecule has 0 aliphatic carbocycles. The summed E-state index contributed by atoms with van der Waals surface area (Å²) in [6.45, 7) is 5.48. The van der Waals surface area contributed by atoms with Crippen LogP contribution in [0.25, 0.3) is 0 Å². The van der Waals surface area contributed by atoms with Crippen molar-refractivity contribution < 1.29 is 19.1 Å². The maximum Gasteiger partial charge on any atom is 0.408 e. The third kappa shape index (κ3) is 4.61. The first-order valence-electron chi connectivity index (χ1n) is 7.06. The van der Waals surface area contributed by atoms with E-state index < -0.39 is 23.0 Å². The number of hydrogen-bond donors (Lipinski definition) is 1. The molecule has 2 amide bonds. The van der Waals surface area contributed by atoms with E-state index in [1.165, 1.54) is 16.7 Å². The van der Waals surface area contributed by atoms with Crippen LogP contribution in [-0.2, 0) is 20.9 Å². The molecule has 0 bridgehead atoms. The van der Waals surface area contributed by atoms with Gasteiger partial charge in [0.05, 0.1) is 12.7 Å². The second kappa shape index (κ2) is 6.89. The Morgan fingerprint density at radius 3 is 2.78 bits per heavy atom. The van der Waals surface area contributed by atoms with Crippen molar-refractivity contribution in [3.8, 4) is 0 Å². The van der Waals surface area contributed by atoms with Crippen LogP contribution in [0.15, 0.2) is 35.4 Å². The average molecular weight is 334 g/mol. The van der Waals surface area contributed by atoms with Crippen LogP contribution in [0.3, 0.4) is 0 Å². The Hall–Kier alpha value is -2.24. The second-order valence-electron chi connectivity index (χ2n) is 5.96. The summed E-state index contributed by atoms with van der Waals surface area (Å²) in [7, 11) is 0. The van der Waals surface area contributed by atoms with Crippen molar-refractivity contribution in [1.82, 2.24) is 10.2 Å². The van der Waals surface area contributed by atoms with E-state index in [1.54, 1.807) is 26.7 Å². The quantitative estimate of drug-likeness (QED) is 0.840. The Bertz CT molecular complexity index is 662. The predicted molar refractivity (Wildman–Crippen MR) is 86.3 cm³/mol. The summed E-state index contributed by atoms with van der Waals surface area (Å²) in [5.41, 5.74) is 0.230. The molecule has 0 saturated heterocycles. The third-order valence-corrected chi connectivity index (χ3v) is 4.13. The normalized spacial score (nSPS) is 17.6. The molecular formula is C16H18N2O4S. The number of hydrogen-bond acceptors (Lipinski definition) is 5. The van der Waals surface area contributed by atoms with Gasteiger partial charge in [0, 0.05) is 4.90 Å². The Balaban J connectivity index is 2.25. The number of nitrogens with one attached hydrogen (secondary N) is 1. The largest absolute Gasteiger partial charge is 0.444 e. The fourth-order valence-electron chi connectivity index (χ4n) is 2.02. The van der Waals surface area contributed by atoms with E-state index >= 15 is 0 Å². The molecule has 0 spiro atoms. The second-order valence-corrected chi connectivity index (χ2v) is 7.11. The van der Waals surface area contributed by atoms with Gasteiger partial charge in [0.1, 0.15) is 11.5 Å². The van der Waals surface area contributed by atoms with E-state index in [0.717, 1.165) is 16.7 Å². The fraction of sp³-hybridized carbons (Fsp3) is 0.375. The third-order valence-electron chi connectivity index (χ3n) is 2.92. The number of thioether (sulfide) groups is 1. The summed E-state index contributed by atoms with van der Waals surface area (Å²) in [5.74, 6) is 1.21. The monoisotopic (exact) mass is 334 g/mol. The lowest BCUT2D eigenvalue weighted by Crippen LogP contribution is -2.45. The smallest absolute Gasteiger partial charge is 0.408 e. The van der Waals surface area contributed by atoms with Gasteiger partial charge >= 0.3 is 6.09 Å². The average Bonchev–Trinajstić information content (AvgIpc) is 2.56. The SMILES string of the molecule is CC(C)(C)OC(=O)N[C@H]1Sc2ccccc2CN(C=C=O)C1=O. The van der Waals surface area contributed by atoms with Gasteiger partial charge in [0.25, 0.3) is 5.91 Å². The van der Waals surface area contributed by atoms with Gasteiger partial charge in [-0.25, -0.2) is 9.59 Å². The number of fused-ring (bicyclic) bond motifs is 1. The first-order chi connectivity index (χ1) is 10.8. The molecule has 1 aromatic rings. The summed E-state index contributed by atoms with van der Waals surface area (Å²) in [5, 5.41) is 1.68. The van der Waals surface area contributed by atoms with Crippen molar-refractivity contribution in [1.29, 1.82) is 0 Å².